The summed E-state index contributed by atoms with van der Waals surface area (Å²) in [4.78, 5) is 10.9. The molecule has 0 saturated carbocycles. The highest BCUT2D eigenvalue weighted by molar-refractivity contribution is 6.30. The summed E-state index contributed by atoms with van der Waals surface area (Å²) in [5.74, 6) is 1.04. The smallest absolute Gasteiger partial charge is 0.137 e. The Hall–Kier alpha value is -0.830. The average molecular weight is 282 g/mol. The first-order valence-electron chi connectivity index (χ1n) is 7.40. The summed E-state index contributed by atoms with van der Waals surface area (Å²) in [7, 11) is 0. The minimum Gasteiger partial charge on any atom is -0.356 e. The van der Waals surface area contributed by atoms with Crippen LogP contribution in [0.2, 0.25) is 5.15 Å². The zero-order valence-electron chi connectivity index (χ0n) is 12.2. The van der Waals surface area contributed by atoms with Crippen LogP contribution in [-0.2, 0) is 6.42 Å². The van der Waals surface area contributed by atoms with Gasteiger partial charge in [-0.15, -0.1) is 0 Å². The molecular formula is C15H24ClN3. The molecule has 1 aromatic heterocycles. The topological polar surface area (TPSA) is 29.0 Å². The summed E-state index contributed by atoms with van der Waals surface area (Å²) in [6.45, 7) is 8.92. The Balaban J connectivity index is 2.16. The zero-order valence-corrected chi connectivity index (χ0v) is 13.0. The summed E-state index contributed by atoms with van der Waals surface area (Å²) in [5, 5.41) is 0.607. The minimum atomic E-state index is 0.541. The lowest BCUT2D eigenvalue weighted by atomic mass is 9.74. The summed E-state index contributed by atoms with van der Waals surface area (Å²) in [6, 6.07) is 0. The van der Waals surface area contributed by atoms with Crippen molar-refractivity contribution in [2.45, 2.75) is 52.9 Å². The Morgan fingerprint density at radius 3 is 2.32 bits per heavy atom. The zero-order chi connectivity index (χ0) is 13.9. The molecule has 1 aliphatic heterocycles. The van der Waals surface area contributed by atoms with E-state index >= 15 is 0 Å². The van der Waals surface area contributed by atoms with Gasteiger partial charge in [-0.3, -0.25) is 0 Å². The van der Waals surface area contributed by atoms with Gasteiger partial charge in [-0.25, -0.2) is 9.97 Å². The number of rotatable bonds is 4. The van der Waals surface area contributed by atoms with Gasteiger partial charge in [0.2, 0.25) is 0 Å². The molecule has 3 nitrogen and oxygen atoms in total. The normalized spacial score (nSPS) is 18.6. The molecule has 1 saturated heterocycles. The number of piperidine rings is 1. The molecule has 0 N–H and O–H groups in total. The lowest BCUT2D eigenvalue weighted by Crippen LogP contribution is -2.40. The highest BCUT2D eigenvalue weighted by atomic mass is 35.5. The van der Waals surface area contributed by atoms with E-state index in [1.807, 2.05) is 0 Å². The fraction of sp³-hybridized carbons (Fsp3) is 0.733. The van der Waals surface area contributed by atoms with Crippen LogP contribution in [0, 0.1) is 5.41 Å². The van der Waals surface area contributed by atoms with E-state index in [0.29, 0.717) is 10.6 Å². The Kier molecular flexibility index (Phi) is 4.67. The number of halogens is 1. The molecule has 0 bridgehead atoms. The van der Waals surface area contributed by atoms with Gasteiger partial charge in [-0.2, -0.15) is 0 Å². The number of hydrogen-bond donors (Lipinski definition) is 0. The van der Waals surface area contributed by atoms with Crippen molar-refractivity contribution < 1.29 is 0 Å². The molecule has 0 unspecified atom stereocenters. The van der Waals surface area contributed by atoms with E-state index in [-0.39, 0.29) is 0 Å². The highest BCUT2D eigenvalue weighted by Crippen LogP contribution is 2.39. The molecular weight excluding hydrogens is 258 g/mol. The Bertz CT molecular complexity index is 419. The molecule has 0 aromatic carbocycles. The fourth-order valence-electron chi connectivity index (χ4n) is 3.11. The third-order valence-electron chi connectivity index (χ3n) is 4.85. The molecule has 1 aliphatic rings. The van der Waals surface area contributed by atoms with Crippen molar-refractivity contribution in [2.75, 3.05) is 18.0 Å². The van der Waals surface area contributed by atoms with Crippen molar-refractivity contribution in [3.05, 3.63) is 17.0 Å². The largest absolute Gasteiger partial charge is 0.356 e. The van der Waals surface area contributed by atoms with Crippen molar-refractivity contribution in [2.24, 2.45) is 5.41 Å². The molecule has 0 radical (unpaired) electrons. The van der Waals surface area contributed by atoms with Gasteiger partial charge in [0, 0.05) is 18.7 Å². The van der Waals surface area contributed by atoms with Gasteiger partial charge in [0.25, 0.3) is 0 Å². The van der Waals surface area contributed by atoms with E-state index in [0.717, 1.165) is 30.9 Å². The summed E-state index contributed by atoms with van der Waals surface area (Å²) in [6.07, 6.45) is 7.54. The van der Waals surface area contributed by atoms with E-state index in [4.69, 9.17) is 11.6 Å². The Morgan fingerprint density at radius 1 is 1.16 bits per heavy atom. The molecule has 0 aliphatic carbocycles. The standard InChI is InChI=1S/C15H24ClN3/c1-4-12-13(16)17-11-18-14(12)19-9-7-15(5-2,6-3)8-10-19/h11H,4-10H2,1-3H3. The second kappa shape index (κ2) is 6.08. The van der Waals surface area contributed by atoms with Gasteiger partial charge >= 0.3 is 0 Å². The highest BCUT2D eigenvalue weighted by Gasteiger charge is 2.32. The number of nitrogens with zero attached hydrogens (tertiary/aromatic N) is 3. The van der Waals surface area contributed by atoms with Gasteiger partial charge in [0.05, 0.1) is 0 Å². The van der Waals surface area contributed by atoms with Gasteiger partial charge in [-0.1, -0.05) is 45.2 Å². The molecule has 4 heteroatoms. The van der Waals surface area contributed by atoms with Crippen molar-refractivity contribution in [3.8, 4) is 0 Å². The molecule has 0 amide bonds. The second-order valence-corrected chi connectivity index (χ2v) is 5.87. The molecule has 0 spiro atoms. The van der Waals surface area contributed by atoms with E-state index in [9.17, 15) is 0 Å². The van der Waals surface area contributed by atoms with Crippen LogP contribution in [0.4, 0.5) is 5.82 Å². The molecule has 1 aromatic rings. The molecule has 1 fully saturated rings. The maximum atomic E-state index is 6.18. The van der Waals surface area contributed by atoms with Crippen LogP contribution < -0.4 is 4.90 Å². The third-order valence-corrected chi connectivity index (χ3v) is 5.17. The summed E-state index contributed by atoms with van der Waals surface area (Å²) in [5.41, 5.74) is 1.63. The van der Waals surface area contributed by atoms with Crippen molar-refractivity contribution in [1.29, 1.82) is 0 Å². The molecule has 19 heavy (non-hydrogen) atoms. The first kappa shape index (κ1) is 14.6. The van der Waals surface area contributed by atoms with Crippen molar-refractivity contribution >= 4 is 17.4 Å². The maximum absolute atomic E-state index is 6.18. The van der Waals surface area contributed by atoms with Crippen LogP contribution in [0.3, 0.4) is 0 Å². The number of anilines is 1. The number of hydrogen-bond acceptors (Lipinski definition) is 3. The first-order chi connectivity index (χ1) is 9.15. The molecule has 2 rings (SSSR count). The van der Waals surface area contributed by atoms with Crippen LogP contribution in [0.1, 0.15) is 52.0 Å². The Morgan fingerprint density at radius 2 is 1.79 bits per heavy atom. The van der Waals surface area contributed by atoms with Gasteiger partial charge in [0.15, 0.2) is 0 Å². The number of aromatic nitrogens is 2. The van der Waals surface area contributed by atoms with Crippen LogP contribution in [0.5, 0.6) is 0 Å². The average Bonchev–Trinajstić information content (AvgIpc) is 2.47. The summed E-state index contributed by atoms with van der Waals surface area (Å²) < 4.78 is 0. The quantitative estimate of drug-likeness (QED) is 0.778. The minimum absolute atomic E-state index is 0.541. The first-order valence-corrected chi connectivity index (χ1v) is 7.78. The van der Waals surface area contributed by atoms with E-state index in [1.165, 1.54) is 25.7 Å². The van der Waals surface area contributed by atoms with Crippen molar-refractivity contribution in [3.63, 3.8) is 0 Å². The molecule has 106 valence electrons. The summed E-state index contributed by atoms with van der Waals surface area (Å²) >= 11 is 6.18. The van der Waals surface area contributed by atoms with E-state index in [2.05, 4.69) is 35.6 Å². The van der Waals surface area contributed by atoms with Gasteiger partial charge in [0.1, 0.15) is 17.3 Å². The lowest BCUT2D eigenvalue weighted by molar-refractivity contribution is 0.199. The SMILES string of the molecule is CCc1c(Cl)ncnc1N1CCC(CC)(CC)CC1. The van der Waals surface area contributed by atoms with Gasteiger partial charge in [-0.05, 0) is 24.7 Å². The van der Waals surface area contributed by atoms with E-state index in [1.54, 1.807) is 6.33 Å². The molecule has 2 heterocycles. The van der Waals surface area contributed by atoms with Crippen LogP contribution in [0.25, 0.3) is 0 Å². The van der Waals surface area contributed by atoms with Crippen LogP contribution in [0.15, 0.2) is 6.33 Å². The Labute approximate surface area is 121 Å². The molecule has 0 atom stereocenters. The second-order valence-electron chi connectivity index (χ2n) is 5.51. The van der Waals surface area contributed by atoms with Crippen LogP contribution >= 0.6 is 11.6 Å². The maximum Gasteiger partial charge on any atom is 0.137 e. The third kappa shape index (κ3) is 2.86. The lowest BCUT2D eigenvalue weighted by Gasteiger charge is -2.41. The predicted octanol–water partition coefficient (Wildman–Crippen LogP) is 4.10. The van der Waals surface area contributed by atoms with Gasteiger partial charge < -0.3 is 4.90 Å². The fourth-order valence-corrected chi connectivity index (χ4v) is 3.37. The monoisotopic (exact) mass is 281 g/mol. The van der Waals surface area contributed by atoms with Crippen LogP contribution in [-0.4, -0.2) is 23.1 Å². The van der Waals surface area contributed by atoms with E-state index < -0.39 is 0 Å². The predicted molar refractivity (Wildman–Crippen MR) is 80.9 cm³/mol. The van der Waals surface area contributed by atoms with Crippen molar-refractivity contribution in [1.82, 2.24) is 9.97 Å².